The van der Waals surface area contributed by atoms with Crippen LogP contribution in [-0.2, 0) is 18.9 Å². The molecule has 38 heavy (non-hydrogen) atoms. The molecule has 2 rings (SSSR count). The largest absolute Gasteiger partial charge is 0.394 e. The Morgan fingerprint density at radius 1 is 0.605 bits per heavy atom. The van der Waals surface area contributed by atoms with Gasteiger partial charge < -0.3 is 54.7 Å². The predicted molar refractivity (Wildman–Crippen MR) is 138 cm³/mol. The van der Waals surface area contributed by atoms with Gasteiger partial charge in [-0.25, -0.2) is 0 Å². The van der Waals surface area contributed by atoms with Crippen molar-refractivity contribution in [2.24, 2.45) is 0 Å². The number of hydrogen-bond acceptors (Lipinski definition) is 11. The molecule has 0 bridgehead atoms. The van der Waals surface area contributed by atoms with Crippen LogP contribution < -0.4 is 0 Å². The molecule has 11 nitrogen and oxygen atoms in total. The van der Waals surface area contributed by atoms with Crippen LogP contribution in [0.3, 0.4) is 0 Å². The summed E-state index contributed by atoms with van der Waals surface area (Å²) in [4.78, 5) is 0. The van der Waals surface area contributed by atoms with Crippen molar-refractivity contribution >= 4 is 0 Å². The average molecular weight is 553 g/mol. The van der Waals surface area contributed by atoms with Crippen molar-refractivity contribution in [3.63, 3.8) is 0 Å². The van der Waals surface area contributed by atoms with Gasteiger partial charge in [-0.05, 0) is 13.3 Å². The van der Waals surface area contributed by atoms with Crippen LogP contribution in [0.4, 0.5) is 0 Å². The molecule has 0 radical (unpaired) electrons. The van der Waals surface area contributed by atoms with Gasteiger partial charge in [-0.15, -0.1) is 0 Å². The third kappa shape index (κ3) is 10.2. The van der Waals surface area contributed by atoms with Gasteiger partial charge in [0, 0.05) is 0 Å². The molecule has 7 N–H and O–H groups in total. The summed E-state index contributed by atoms with van der Waals surface area (Å²) in [6.07, 6.45) is -0.256. The zero-order valence-corrected chi connectivity index (χ0v) is 23.0. The fourth-order valence-corrected chi connectivity index (χ4v) is 5.06. The Morgan fingerprint density at radius 2 is 1.11 bits per heavy atom. The molecule has 0 aromatic carbocycles. The summed E-state index contributed by atoms with van der Waals surface area (Å²) in [5.74, 6) is 0. The maximum absolute atomic E-state index is 10.7. The summed E-state index contributed by atoms with van der Waals surface area (Å²) in [7, 11) is 0. The lowest BCUT2D eigenvalue weighted by molar-refractivity contribution is -0.362. The number of hydrogen-bond donors (Lipinski definition) is 7. The highest BCUT2D eigenvalue weighted by Crippen LogP contribution is 2.30. The molecule has 11 unspecified atom stereocenters. The molecule has 0 spiro atoms. The van der Waals surface area contributed by atoms with E-state index in [1.807, 2.05) is 6.92 Å². The molecule has 2 saturated heterocycles. The molecule has 0 aliphatic carbocycles. The van der Waals surface area contributed by atoms with Gasteiger partial charge in [0.05, 0.1) is 19.3 Å². The minimum atomic E-state index is -1.70. The van der Waals surface area contributed by atoms with Gasteiger partial charge in [-0.3, -0.25) is 0 Å². The number of rotatable bonds is 18. The third-order valence-corrected chi connectivity index (χ3v) is 7.54. The SMILES string of the molecule is CCCCCCCCCCCCCC(C)OC1OC(CO)C(OC2OC(CO)C(O)C(O)C2O)C(O)C1O. The van der Waals surface area contributed by atoms with Crippen molar-refractivity contribution in [3.05, 3.63) is 0 Å². The van der Waals surface area contributed by atoms with Crippen LogP contribution in [0.25, 0.3) is 0 Å². The molecule has 2 aliphatic heterocycles. The van der Waals surface area contributed by atoms with Crippen LogP contribution in [0.2, 0.25) is 0 Å². The van der Waals surface area contributed by atoms with E-state index < -0.39 is 74.6 Å². The first kappa shape index (κ1) is 33.8. The zero-order valence-electron chi connectivity index (χ0n) is 23.0. The lowest BCUT2D eigenvalue weighted by Crippen LogP contribution is -2.64. The average Bonchev–Trinajstić information content (AvgIpc) is 2.91. The minimum Gasteiger partial charge on any atom is -0.394 e. The van der Waals surface area contributed by atoms with Crippen molar-refractivity contribution in [1.82, 2.24) is 0 Å². The minimum absolute atomic E-state index is 0.248. The Morgan fingerprint density at radius 3 is 1.66 bits per heavy atom. The zero-order chi connectivity index (χ0) is 28.1. The third-order valence-electron chi connectivity index (χ3n) is 7.54. The van der Waals surface area contributed by atoms with E-state index in [1.54, 1.807) is 0 Å². The lowest BCUT2D eigenvalue weighted by Gasteiger charge is -2.46. The molecular formula is C27H52O11. The summed E-state index contributed by atoms with van der Waals surface area (Å²) in [5, 5.41) is 70.7. The van der Waals surface area contributed by atoms with E-state index >= 15 is 0 Å². The summed E-state index contributed by atoms with van der Waals surface area (Å²) in [5.41, 5.74) is 0. The van der Waals surface area contributed by atoms with Gasteiger partial charge in [0.1, 0.15) is 48.8 Å². The molecule has 11 heteroatoms. The van der Waals surface area contributed by atoms with Gasteiger partial charge in [0.2, 0.25) is 0 Å². The van der Waals surface area contributed by atoms with Crippen molar-refractivity contribution < 1.29 is 54.7 Å². The van der Waals surface area contributed by atoms with Crippen LogP contribution in [0.15, 0.2) is 0 Å². The van der Waals surface area contributed by atoms with Gasteiger partial charge in [0.15, 0.2) is 12.6 Å². The Balaban J connectivity index is 1.73. The van der Waals surface area contributed by atoms with E-state index in [0.717, 1.165) is 19.3 Å². The molecule has 0 saturated carbocycles. The standard InChI is InChI=1S/C27H52O11/c1-3-4-5-6-7-8-9-10-11-12-13-14-17(2)35-26-24(34)22(32)25(19(16-29)37-26)38-27-23(33)21(31)20(30)18(15-28)36-27/h17-34H,3-16H2,1-2H3. The summed E-state index contributed by atoms with van der Waals surface area (Å²) < 4.78 is 22.4. The molecular weight excluding hydrogens is 500 g/mol. The highest BCUT2D eigenvalue weighted by Gasteiger charge is 2.50. The van der Waals surface area contributed by atoms with Crippen LogP contribution in [0, 0.1) is 0 Å². The molecule has 2 heterocycles. The quantitative estimate of drug-likeness (QED) is 0.119. The smallest absolute Gasteiger partial charge is 0.187 e. The van der Waals surface area contributed by atoms with Crippen molar-refractivity contribution in [2.75, 3.05) is 13.2 Å². The van der Waals surface area contributed by atoms with E-state index in [-0.39, 0.29) is 6.10 Å². The van der Waals surface area contributed by atoms with E-state index in [0.29, 0.717) is 0 Å². The van der Waals surface area contributed by atoms with Crippen LogP contribution in [0.1, 0.15) is 90.9 Å². The first-order valence-electron chi connectivity index (χ1n) is 14.5. The molecule has 0 aromatic rings. The topological polar surface area (TPSA) is 179 Å². The lowest BCUT2D eigenvalue weighted by atomic mass is 9.97. The van der Waals surface area contributed by atoms with Gasteiger partial charge in [-0.1, -0.05) is 77.6 Å². The van der Waals surface area contributed by atoms with E-state index in [1.165, 1.54) is 57.8 Å². The van der Waals surface area contributed by atoms with Crippen LogP contribution >= 0.6 is 0 Å². The Kier molecular flexibility index (Phi) is 16.1. The van der Waals surface area contributed by atoms with Gasteiger partial charge in [0.25, 0.3) is 0 Å². The van der Waals surface area contributed by atoms with Crippen LogP contribution in [-0.4, -0.2) is 116 Å². The normalized spacial score (nSPS) is 36.9. The Hall–Kier alpha value is -0.440. The first-order chi connectivity index (χ1) is 18.2. The van der Waals surface area contributed by atoms with Crippen LogP contribution in [0.5, 0.6) is 0 Å². The van der Waals surface area contributed by atoms with Crippen molar-refractivity contribution in [1.29, 1.82) is 0 Å². The molecule has 2 aliphatic rings. The van der Waals surface area contributed by atoms with Gasteiger partial charge >= 0.3 is 0 Å². The molecule has 0 aromatic heterocycles. The number of ether oxygens (including phenoxy) is 4. The molecule has 0 amide bonds. The fraction of sp³-hybridized carbons (Fsp3) is 1.00. The molecule has 11 atom stereocenters. The first-order valence-corrected chi connectivity index (χ1v) is 14.5. The Labute approximate surface area is 226 Å². The maximum Gasteiger partial charge on any atom is 0.187 e. The number of unbranched alkanes of at least 4 members (excludes halogenated alkanes) is 10. The maximum atomic E-state index is 10.7. The summed E-state index contributed by atoms with van der Waals surface area (Å²) in [6.45, 7) is 2.86. The second-order valence-electron chi connectivity index (χ2n) is 10.8. The summed E-state index contributed by atoms with van der Waals surface area (Å²) >= 11 is 0. The van der Waals surface area contributed by atoms with Gasteiger partial charge in [-0.2, -0.15) is 0 Å². The van der Waals surface area contributed by atoms with E-state index in [9.17, 15) is 35.7 Å². The van der Waals surface area contributed by atoms with Crippen molar-refractivity contribution in [3.8, 4) is 0 Å². The Bertz CT molecular complexity index is 608. The monoisotopic (exact) mass is 552 g/mol. The number of aliphatic hydroxyl groups excluding tert-OH is 7. The van der Waals surface area contributed by atoms with E-state index in [4.69, 9.17) is 18.9 Å². The highest BCUT2D eigenvalue weighted by atomic mass is 16.7. The summed E-state index contributed by atoms with van der Waals surface area (Å²) in [6, 6.07) is 0. The fourth-order valence-electron chi connectivity index (χ4n) is 5.06. The second kappa shape index (κ2) is 18.1. The second-order valence-corrected chi connectivity index (χ2v) is 10.8. The molecule has 226 valence electrons. The predicted octanol–water partition coefficient (Wildman–Crippen LogP) is 0.717. The number of aliphatic hydroxyl groups is 7. The van der Waals surface area contributed by atoms with E-state index in [2.05, 4.69) is 6.92 Å². The molecule has 2 fully saturated rings. The highest BCUT2D eigenvalue weighted by molar-refractivity contribution is 4.94. The van der Waals surface area contributed by atoms with Crippen molar-refractivity contribution in [2.45, 2.75) is 158 Å².